The van der Waals surface area contributed by atoms with E-state index in [0.29, 0.717) is 28.4 Å². The number of carbonyl (C=O) groups excluding carboxylic acids is 2. The second-order valence-electron chi connectivity index (χ2n) is 10.1. The minimum Gasteiger partial charge on any atom is -0.322 e. The number of carbonyl (C=O) groups is 2. The molecule has 4 rings (SSSR count). The summed E-state index contributed by atoms with van der Waals surface area (Å²) >= 11 is 6.43. The molecule has 6 nitrogen and oxygen atoms in total. The number of nitrogens with zero attached hydrogens (tertiary/aromatic N) is 2. The van der Waals surface area contributed by atoms with Gasteiger partial charge in [-0.1, -0.05) is 43.6 Å². The van der Waals surface area contributed by atoms with Crippen LogP contribution in [0.1, 0.15) is 70.1 Å². The zero-order valence-corrected chi connectivity index (χ0v) is 24.1. The summed E-state index contributed by atoms with van der Waals surface area (Å²) in [6.45, 7) is 12.7. The van der Waals surface area contributed by atoms with Crippen LogP contribution in [0.3, 0.4) is 0 Å². The van der Waals surface area contributed by atoms with Crippen molar-refractivity contribution in [3.8, 4) is 0 Å². The molecule has 7 heteroatoms. The van der Waals surface area contributed by atoms with Gasteiger partial charge in [-0.3, -0.25) is 9.59 Å². The van der Waals surface area contributed by atoms with Gasteiger partial charge in [-0.15, -0.1) is 0 Å². The molecule has 1 atom stereocenters. The van der Waals surface area contributed by atoms with Crippen molar-refractivity contribution in [1.82, 2.24) is 10.2 Å². The van der Waals surface area contributed by atoms with E-state index in [4.69, 9.17) is 11.6 Å². The summed E-state index contributed by atoms with van der Waals surface area (Å²) in [5, 5.41) is 7.36. The molecule has 2 amide bonds. The van der Waals surface area contributed by atoms with Crippen molar-refractivity contribution in [3.05, 3.63) is 93.5 Å². The van der Waals surface area contributed by atoms with Gasteiger partial charge in [0, 0.05) is 53.2 Å². The number of anilines is 2. The van der Waals surface area contributed by atoms with E-state index < -0.39 is 0 Å². The Hall–Kier alpha value is -3.19. The fourth-order valence-corrected chi connectivity index (χ4v) is 5.47. The Kier molecular flexibility index (Phi) is 9.78. The second kappa shape index (κ2) is 13.2. The third-order valence-electron chi connectivity index (χ3n) is 7.59. The highest BCUT2D eigenvalue weighted by Gasteiger charge is 2.28. The van der Waals surface area contributed by atoms with Crippen molar-refractivity contribution >= 4 is 34.8 Å². The Morgan fingerprint density at radius 1 is 0.974 bits per heavy atom. The topological polar surface area (TPSA) is 64.7 Å². The quantitative estimate of drug-likeness (QED) is 0.316. The summed E-state index contributed by atoms with van der Waals surface area (Å²) in [4.78, 5) is 31.0. The first kappa shape index (κ1) is 28.8. The zero-order valence-electron chi connectivity index (χ0n) is 23.4. The van der Waals surface area contributed by atoms with Crippen LogP contribution >= 0.6 is 11.6 Å². The van der Waals surface area contributed by atoms with E-state index in [1.165, 1.54) is 0 Å². The Balaban J connectivity index is 1.53. The lowest BCUT2D eigenvalue weighted by Gasteiger charge is -2.26. The van der Waals surface area contributed by atoms with Gasteiger partial charge in [-0.2, -0.15) is 0 Å². The van der Waals surface area contributed by atoms with Gasteiger partial charge < -0.3 is 20.4 Å². The SMILES string of the molecule is CCN(CC)CCNC1CCCN(C(=O)c2ccc(NC(=O)c3ccccc3C)cc2C)c2ccc(Cl)cc21. The minimum atomic E-state index is -0.163. The van der Waals surface area contributed by atoms with Crippen LogP contribution in [-0.2, 0) is 0 Å². The third kappa shape index (κ3) is 6.88. The molecule has 1 aliphatic rings. The van der Waals surface area contributed by atoms with Crippen molar-refractivity contribution in [2.45, 2.75) is 46.6 Å². The van der Waals surface area contributed by atoms with Crippen LogP contribution < -0.4 is 15.5 Å². The van der Waals surface area contributed by atoms with E-state index >= 15 is 0 Å². The summed E-state index contributed by atoms with van der Waals surface area (Å²) in [7, 11) is 0. The van der Waals surface area contributed by atoms with Crippen LogP contribution in [0.5, 0.6) is 0 Å². The van der Waals surface area contributed by atoms with Crippen LogP contribution in [0.4, 0.5) is 11.4 Å². The molecule has 0 aliphatic carbocycles. The lowest BCUT2D eigenvalue weighted by Crippen LogP contribution is -2.34. The summed E-state index contributed by atoms with van der Waals surface area (Å²) in [6.07, 6.45) is 1.81. The standard InChI is InChI=1S/C32H39ClN4O2/c1-5-36(6-2)19-17-34-29-12-9-18-37(30-16-13-24(33)21-28(29)30)32(39)27-15-14-25(20-23(27)4)35-31(38)26-11-8-7-10-22(26)3/h7-8,10-11,13-16,20-21,29,34H,5-6,9,12,17-19H2,1-4H3,(H,35,38). The zero-order chi connectivity index (χ0) is 27.9. The number of halogens is 1. The molecule has 0 saturated carbocycles. The van der Waals surface area contributed by atoms with Gasteiger partial charge >= 0.3 is 0 Å². The summed E-state index contributed by atoms with van der Waals surface area (Å²) < 4.78 is 0. The van der Waals surface area contributed by atoms with Crippen molar-refractivity contribution in [2.75, 3.05) is 42.9 Å². The first-order chi connectivity index (χ1) is 18.8. The third-order valence-corrected chi connectivity index (χ3v) is 7.83. The fourth-order valence-electron chi connectivity index (χ4n) is 5.29. The maximum absolute atomic E-state index is 13.9. The maximum atomic E-state index is 13.9. The van der Waals surface area contributed by atoms with Crippen molar-refractivity contribution in [3.63, 3.8) is 0 Å². The molecule has 39 heavy (non-hydrogen) atoms. The molecule has 1 aliphatic heterocycles. The molecule has 2 N–H and O–H groups in total. The number of rotatable bonds is 9. The number of hydrogen-bond donors (Lipinski definition) is 2. The fraction of sp³-hybridized carbons (Fsp3) is 0.375. The summed E-state index contributed by atoms with van der Waals surface area (Å²) in [5.74, 6) is -0.207. The number of hydrogen-bond acceptors (Lipinski definition) is 4. The first-order valence-electron chi connectivity index (χ1n) is 13.9. The maximum Gasteiger partial charge on any atom is 0.258 e. The van der Waals surface area contributed by atoms with Crippen molar-refractivity contribution < 1.29 is 9.59 Å². The molecule has 1 unspecified atom stereocenters. The van der Waals surface area contributed by atoms with Gasteiger partial charge in [0.1, 0.15) is 0 Å². The molecule has 0 saturated heterocycles. The van der Waals surface area contributed by atoms with Gasteiger partial charge in [0.2, 0.25) is 0 Å². The van der Waals surface area contributed by atoms with Crippen LogP contribution in [0, 0.1) is 13.8 Å². The highest BCUT2D eigenvalue weighted by atomic mass is 35.5. The van der Waals surface area contributed by atoms with E-state index in [2.05, 4.69) is 29.4 Å². The monoisotopic (exact) mass is 546 g/mol. The minimum absolute atomic E-state index is 0.0448. The van der Waals surface area contributed by atoms with Gasteiger partial charge in [0.15, 0.2) is 0 Å². The average Bonchev–Trinajstić information content (AvgIpc) is 3.10. The molecule has 0 bridgehead atoms. The first-order valence-corrected chi connectivity index (χ1v) is 14.2. The molecule has 0 fully saturated rings. The highest BCUT2D eigenvalue weighted by molar-refractivity contribution is 6.30. The van der Waals surface area contributed by atoms with Gasteiger partial charge in [-0.05, 0) is 98.9 Å². The molecular formula is C32H39ClN4O2. The van der Waals surface area contributed by atoms with E-state index in [0.717, 1.165) is 61.4 Å². The Morgan fingerprint density at radius 2 is 1.74 bits per heavy atom. The van der Waals surface area contributed by atoms with Crippen LogP contribution in [0.25, 0.3) is 0 Å². The van der Waals surface area contributed by atoms with Crippen LogP contribution in [0.2, 0.25) is 5.02 Å². The Labute approximate surface area is 237 Å². The molecule has 0 radical (unpaired) electrons. The van der Waals surface area contributed by atoms with Gasteiger partial charge in [0.25, 0.3) is 11.8 Å². The number of likely N-dealkylation sites (N-methyl/N-ethyl adjacent to an activating group) is 1. The lowest BCUT2D eigenvalue weighted by molar-refractivity contribution is 0.0985. The van der Waals surface area contributed by atoms with Crippen molar-refractivity contribution in [1.29, 1.82) is 0 Å². The molecule has 1 heterocycles. The normalized spacial score (nSPS) is 15.1. The van der Waals surface area contributed by atoms with Crippen LogP contribution in [-0.4, -0.2) is 49.4 Å². The molecule has 0 spiro atoms. The molecule has 3 aromatic rings. The van der Waals surface area contributed by atoms with Gasteiger partial charge in [0.05, 0.1) is 0 Å². The molecule has 0 aromatic heterocycles. The molecule has 206 valence electrons. The Bertz CT molecular complexity index is 1320. The molecule has 3 aromatic carbocycles. The number of benzene rings is 3. The summed E-state index contributed by atoms with van der Waals surface area (Å²) in [5.41, 5.74) is 5.62. The van der Waals surface area contributed by atoms with Gasteiger partial charge in [-0.25, -0.2) is 0 Å². The van der Waals surface area contributed by atoms with E-state index in [1.54, 1.807) is 6.07 Å². The lowest BCUT2D eigenvalue weighted by atomic mass is 10.0. The molecular weight excluding hydrogens is 508 g/mol. The average molecular weight is 547 g/mol. The number of aryl methyl sites for hydroxylation is 2. The van der Waals surface area contributed by atoms with Crippen LogP contribution in [0.15, 0.2) is 60.7 Å². The van der Waals surface area contributed by atoms with E-state index in [9.17, 15) is 9.59 Å². The Morgan fingerprint density at radius 3 is 2.46 bits per heavy atom. The number of nitrogens with one attached hydrogen (secondary N) is 2. The highest BCUT2D eigenvalue weighted by Crippen LogP contribution is 2.36. The van der Waals surface area contributed by atoms with E-state index in [1.807, 2.05) is 73.3 Å². The number of amides is 2. The predicted molar refractivity (Wildman–Crippen MR) is 161 cm³/mol. The largest absolute Gasteiger partial charge is 0.322 e. The smallest absolute Gasteiger partial charge is 0.258 e. The van der Waals surface area contributed by atoms with Crippen molar-refractivity contribution in [2.24, 2.45) is 0 Å². The predicted octanol–water partition coefficient (Wildman–Crippen LogP) is 6.62. The second-order valence-corrected chi connectivity index (χ2v) is 10.6. The van der Waals surface area contributed by atoms with E-state index in [-0.39, 0.29) is 17.9 Å². The number of fused-ring (bicyclic) bond motifs is 1. The summed E-state index contributed by atoms with van der Waals surface area (Å²) in [6, 6.07) is 18.9.